The molecule has 2 nitrogen and oxygen atoms in total. The first kappa shape index (κ1) is 23.6. The zero-order valence-electron chi connectivity index (χ0n) is 23.2. The van der Waals surface area contributed by atoms with Gasteiger partial charge in [0.1, 0.15) is 0 Å². The number of aryl methyl sites for hydroxylation is 2. The van der Waals surface area contributed by atoms with E-state index in [1.165, 1.54) is 71.0 Å². The summed E-state index contributed by atoms with van der Waals surface area (Å²) in [7, 11) is 0. The van der Waals surface area contributed by atoms with Gasteiger partial charge in [-0.25, -0.2) is 0 Å². The summed E-state index contributed by atoms with van der Waals surface area (Å²) in [6, 6.07) is 36.2. The topological polar surface area (TPSA) is 25.8 Å². The summed E-state index contributed by atoms with van der Waals surface area (Å²) >= 11 is 0. The van der Waals surface area contributed by atoms with E-state index in [4.69, 9.17) is 9.97 Å². The normalized spacial score (nSPS) is 15.4. The Bertz CT molecular complexity index is 1960. The minimum atomic E-state index is 0.169. The molecular formula is C38H32N2. The first-order valence-corrected chi connectivity index (χ1v) is 14.6. The molecule has 0 aliphatic heterocycles. The molecule has 4 aromatic carbocycles. The van der Waals surface area contributed by atoms with E-state index in [2.05, 4.69) is 104 Å². The minimum Gasteiger partial charge on any atom is -0.251 e. The average Bonchev–Trinajstić information content (AvgIpc) is 3.25. The lowest BCUT2D eigenvalue weighted by molar-refractivity contribution is 0.353. The molecule has 40 heavy (non-hydrogen) atoms. The lowest BCUT2D eigenvalue weighted by Crippen LogP contribution is -2.28. The van der Waals surface area contributed by atoms with Gasteiger partial charge in [0, 0.05) is 27.6 Å². The van der Waals surface area contributed by atoms with Gasteiger partial charge < -0.3 is 0 Å². The van der Waals surface area contributed by atoms with Crippen LogP contribution in [0.2, 0.25) is 0 Å². The van der Waals surface area contributed by atoms with E-state index in [-0.39, 0.29) is 5.41 Å². The fourth-order valence-corrected chi connectivity index (χ4v) is 7.53. The van der Waals surface area contributed by atoms with Crippen LogP contribution in [0.25, 0.3) is 55.2 Å². The zero-order valence-corrected chi connectivity index (χ0v) is 23.2. The van der Waals surface area contributed by atoms with Gasteiger partial charge in [-0.1, -0.05) is 92.1 Å². The summed E-state index contributed by atoms with van der Waals surface area (Å²) in [5.41, 5.74) is 15.1. The fourth-order valence-electron chi connectivity index (χ4n) is 7.53. The Balaban J connectivity index is 1.28. The Hall–Kier alpha value is -4.30. The van der Waals surface area contributed by atoms with Crippen molar-refractivity contribution in [2.45, 2.75) is 51.4 Å². The van der Waals surface area contributed by atoms with Crippen molar-refractivity contribution in [3.05, 3.63) is 120 Å². The van der Waals surface area contributed by atoms with Crippen molar-refractivity contribution >= 4 is 21.8 Å². The molecule has 6 aromatic rings. The highest BCUT2D eigenvalue weighted by Crippen LogP contribution is 2.56. The maximum absolute atomic E-state index is 4.96. The monoisotopic (exact) mass is 516 g/mol. The zero-order chi connectivity index (χ0) is 26.8. The molecule has 0 unspecified atom stereocenters. The van der Waals surface area contributed by atoms with Crippen molar-refractivity contribution < 1.29 is 0 Å². The van der Waals surface area contributed by atoms with Gasteiger partial charge >= 0.3 is 0 Å². The molecule has 1 saturated carbocycles. The van der Waals surface area contributed by atoms with E-state index < -0.39 is 0 Å². The average molecular weight is 517 g/mol. The molecule has 0 saturated heterocycles. The molecule has 1 spiro atoms. The van der Waals surface area contributed by atoms with Crippen LogP contribution in [-0.2, 0) is 5.41 Å². The third kappa shape index (κ3) is 3.48. The number of fused-ring (bicyclic) bond motifs is 8. The molecular weight excluding hydrogens is 484 g/mol. The standard InChI is InChI=1S/C38H32N2/c1-24-13-14-26-15-18-32-33(21-25(2)40-37(32)36(26)39-24)29-10-8-9-27(22-29)28-16-17-31-30-11-4-5-12-34(30)38(35(31)23-28)19-6-3-7-20-38/h4-5,8-18,21-23H,3,6-7,19-20H2,1-2H3. The van der Waals surface area contributed by atoms with Gasteiger partial charge in [-0.3, -0.25) is 9.97 Å². The van der Waals surface area contributed by atoms with Gasteiger partial charge in [-0.2, -0.15) is 0 Å². The van der Waals surface area contributed by atoms with Crippen LogP contribution < -0.4 is 0 Å². The molecule has 2 aromatic heterocycles. The summed E-state index contributed by atoms with van der Waals surface area (Å²) in [4.78, 5) is 9.83. The Morgan fingerprint density at radius 1 is 0.525 bits per heavy atom. The largest absolute Gasteiger partial charge is 0.251 e. The smallest absolute Gasteiger partial charge is 0.0974 e. The Labute approximate surface area is 235 Å². The highest BCUT2D eigenvalue weighted by Gasteiger charge is 2.43. The molecule has 2 aliphatic carbocycles. The highest BCUT2D eigenvalue weighted by atomic mass is 14.8. The van der Waals surface area contributed by atoms with E-state index in [0.717, 1.165) is 33.2 Å². The molecule has 2 heterocycles. The SMILES string of the molecule is Cc1ccc2ccc3c(-c4cccc(-c5ccc6c(c5)C5(CCCCC5)c5ccccc5-6)c4)cc(C)nc3c2n1. The predicted octanol–water partition coefficient (Wildman–Crippen LogP) is 9.96. The highest BCUT2D eigenvalue weighted by molar-refractivity contribution is 6.08. The summed E-state index contributed by atoms with van der Waals surface area (Å²) in [6.45, 7) is 4.13. The van der Waals surface area contributed by atoms with Gasteiger partial charge in [0.15, 0.2) is 0 Å². The van der Waals surface area contributed by atoms with Gasteiger partial charge in [0.25, 0.3) is 0 Å². The fraction of sp³-hybridized carbons (Fsp3) is 0.211. The number of nitrogens with zero attached hydrogens (tertiary/aromatic N) is 2. The number of hydrogen-bond donors (Lipinski definition) is 0. The Morgan fingerprint density at radius 3 is 2.17 bits per heavy atom. The van der Waals surface area contributed by atoms with Crippen LogP contribution in [0.15, 0.2) is 97.1 Å². The first-order chi connectivity index (χ1) is 19.6. The predicted molar refractivity (Wildman–Crippen MR) is 167 cm³/mol. The van der Waals surface area contributed by atoms with Crippen LogP contribution in [0, 0.1) is 13.8 Å². The van der Waals surface area contributed by atoms with Gasteiger partial charge in [0.05, 0.1) is 11.0 Å². The summed E-state index contributed by atoms with van der Waals surface area (Å²) in [6.07, 6.45) is 6.48. The van der Waals surface area contributed by atoms with Crippen molar-refractivity contribution in [1.29, 1.82) is 0 Å². The van der Waals surface area contributed by atoms with Crippen LogP contribution in [0.3, 0.4) is 0 Å². The van der Waals surface area contributed by atoms with Crippen LogP contribution in [0.5, 0.6) is 0 Å². The van der Waals surface area contributed by atoms with E-state index in [9.17, 15) is 0 Å². The molecule has 0 amide bonds. The van der Waals surface area contributed by atoms with Crippen LogP contribution in [0.1, 0.15) is 54.6 Å². The maximum atomic E-state index is 4.96. The molecule has 0 atom stereocenters. The number of benzene rings is 4. The molecule has 2 aliphatic rings. The lowest BCUT2D eigenvalue weighted by atomic mass is 9.67. The van der Waals surface area contributed by atoms with E-state index >= 15 is 0 Å². The van der Waals surface area contributed by atoms with Gasteiger partial charge in [-0.05, 0) is 95.5 Å². The van der Waals surface area contributed by atoms with Crippen molar-refractivity contribution in [3.63, 3.8) is 0 Å². The number of aromatic nitrogens is 2. The summed E-state index contributed by atoms with van der Waals surface area (Å²) in [5, 5.41) is 2.28. The summed E-state index contributed by atoms with van der Waals surface area (Å²) < 4.78 is 0. The van der Waals surface area contributed by atoms with Crippen molar-refractivity contribution in [2.75, 3.05) is 0 Å². The quantitative estimate of drug-likeness (QED) is 0.214. The number of hydrogen-bond acceptors (Lipinski definition) is 2. The second-order valence-electron chi connectivity index (χ2n) is 11.8. The van der Waals surface area contributed by atoms with Crippen LogP contribution in [-0.4, -0.2) is 9.97 Å². The van der Waals surface area contributed by atoms with Crippen molar-refractivity contribution in [3.8, 4) is 33.4 Å². The van der Waals surface area contributed by atoms with E-state index in [0.29, 0.717) is 0 Å². The first-order valence-electron chi connectivity index (χ1n) is 14.6. The Kier molecular flexibility index (Phi) is 5.22. The third-order valence-corrected chi connectivity index (χ3v) is 9.39. The number of pyridine rings is 2. The Morgan fingerprint density at radius 2 is 1.27 bits per heavy atom. The van der Waals surface area contributed by atoms with Crippen molar-refractivity contribution in [2.24, 2.45) is 0 Å². The third-order valence-electron chi connectivity index (χ3n) is 9.39. The van der Waals surface area contributed by atoms with Gasteiger partial charge in [-0.15, -0.1) is 0 Å². The van der Waals surface area contributed by atoms with Crippen LogP contribution >= 0.6 is 0 Å². The van der Waals surface area contributed by atoms with E-state index in [1.807, 2.05) is 6.92 Å². The second-order valence-corrected chi connectivity index (χ2v) is 11.8. The number of rotatable bonds is 2. The molecule has 2 heteroatoms. The minimum absolute atomic E-state index is 0.169. The molecule has 8 rings (SSSR count). The molecule has 194 valence electrons. The second kappa shape index (κ2) is 8.86. The molecule has 1 fully saturated rings. The molecule has 0 bridgehead atoms. The summed E-state index contributed by atoms with van der Waals surface area (Å²) in [5.74, 6) is 0. The van der Waals surface area contributed by atoms with Gasteiger partial charge in [0.2, 0.25) is 0 Å². The lowest BCUT2D eigenvalue weighted by Gasteiger charge is -2.36. The maximum Gasteiger partial charge on any atom is 0.0974 e. The molecule has 0 N–H and O–H groups in total. The van der Waals surface area contributed by atoms with E-state index in [1.54, 1.807) is 5.56 Å². The molecule has 0 radical (unpaired) electrons. The van der Waals surface area contributed by atoms with Crippen molar-refractivity contribution in [1.82, 2.24) is 9.97 Å². The van der Waals surface area contributed by atoms with Crippen LogP contribution in [0.4, 0.5) is 0 Å².